The molecule has 0 atom stereocenters. The van der Waals surface area contributed by atoms with Gasteiger partial charge in [0.25, 0.3) is 0 Å². The van der Waals surface area contributed by atoms with Gasteiger partial charge >= 0.3 is 5.97 Å². The molecule has 0 rings (SSSR count). The Morgan fingerprint density at radius 2 is 1.93 bits per heavy atom. The number of carbonyl (C=O) groups excluding carboxylic acids is 2. The van der Waals surface area contributed by atoms with Gasteiger partial charge in [0, 0.05) is 12.8 Å². The predicted octanol–water partition coefficient (Wildman–Crippen LogP) is -1.23. The first-order chi connectivity index (χ1) is 6.52. The topological polar surface area (TPSA) is 119 Å². The van der Waals surface area contributed by atoms with Gasteiger partial charge in [-0.1, -0.05) is 0 Å². The number of aliphatic carboxylic acids is 1. The second kappa shape index (κ2) is 6.84. The number of primary amides is 1. The summed E-state index contributed by atoms with van der Waals surface area (Å²) in [6, 6.07) is 0. The second-order valence-corrected chi connectivity index (χ2v) is 2.53. The zero-order chi connectivity index (χ0) is 11.0. The molecule has 0 spiro atoms. The first kappa shape index (κ1) is 12.4. The van der Waals surface area contributed by atoms with Crippen molar-refractivity contribution < 1.29 is 24.3 Å². The number of rotatable bonds is 7. The molecular formula is C7H12N2O5. The number of carboxylic acids is 1. The average Bonchev–Trinajstić information content (AvgIpc) is 2.02. The van der Waals surface area contributed by atoms with Crippen LogP contribution in [0, 0.1) is 0 Å². The van der Waals surface area contributed by atoms with E-state index in [4.69, 9.17) is 10.8 Å². The summed E-state index contributed by atoms with van der Waals surface area (Å²) >= 11 is 0. The van der Waals surface area contributed by atoms with E-state index in [2.05, 4.69) is 4.84 Å². The molecule has 0 saturated heterocycles. The molecule has 0 saturated carbocycles. The van der Waals surface area contributed by atoms with Gasteiger partial charge in [-0.15, -0.1) is 0 Å². The van der Waals surface area contributed by atoms with Crippen LogP contribution < -0.4 is 11.2 Å². The molecule has 80 valence electrons. The number of carbonyl (C=O) groups is 3. The molecule has 0 bridgehead atoms. The highest BCUT2D eigenvalue weighted by Crippen LogP contribution is 1.94. The minimum absolute atomic E-state index is 0.0328. The van der Waals surface area contributed by atoms with E-state index < -0.39 is 24.4 Å². The predicted molar refractivity (Wildman–Crippen MR) is 44.8 cm³/mol. The molecule has 0 heterocycles. The molecule has 0 aliphatic carbocycles. The van der Waals surface area contributed by atoms with Gasteiger partial charge in [0.15, 0.2) is 6.61 Å². The number of amides is 2. The second-order valence-electron chi connectivity index (χ2n) is 2.53. The Hall–Kier alpha value is -1.63. The molecule has 0 radical (unpaired) electrons. The van der Waals surface area contributed by atoms with E-state index in [1.807, 2.05) is 5.48 Å². The Morgan fingerprint density at radius 1 is 1.29 bits per heavy atom. The number of carboxylic acid groups (broad SMARTS) is 1. The Labute approximate surface area is 80.2 Å². The Balaban J connectivity index is 3.37. The Morgan fingerprint density at radius 3 is 2.43 bits per heavy atom. The van der Waals surface area contributed by atoms with Crippen molar-refractivity contribution in [2.24, 2.45) is 5.73 Å². The fourth-order valence-corrected chi connectivity index (χ4v) is 0.639. The lowest BCUT2D eigenvalue weighted by atomic mass is 10.2. The molecule has 0 unspecified atom stereocenters. The van der Waals surface area contributed by atoms with E-state index >= 15 is 0 Å². The van der Waals surface area contributed by atoms with Crippen molar-refractivity contribution >= 4 is 17.8 Å². The van der Waals surface area contributed by atoms with Gasteiger partial charge in [-0.05, 0) is 6.42 Å². The van der Waals surface area contributed by atoms with Crippen molar-refractivity contribution in [3.05, 3.63) is 0 Å². The number of hydrogen-bond acceptors (Lipinski definition) is 4. The summed E-state index contributed by atoms with van der Waals surface area (Å²) in [7, 11) is 0. The van der Waals surface area contributed by atoms with Crippen LogP contribution in [0.3, 0.4) is 0 Å². The quantitative estimate of drug-likeness (QED) is 0.449. The van der Waals surface area contributed by atoms with Crippen molar-refractivity contribution in [2.75, 3.05) is 6.61 Å². The Kier molecular flexibility index (Phi) is 6.04. The highest BCUT2D eigenvalue weighted by Gasteiger charge is 2.04. The third kappa shape index (κ3) is 8.47. The molecule has 0 aromatic carbocycles. The summed E-state index contributed by atoms with van der Waals surface area (Å²) in [6.45, 7) is -0.398. The molecule has 0 aliphatic rings. The van der Waals surface area contributed by atoms with Gasteiger partial charge in [-0.2, -0.15) is 0 Å². The minimum Gasteiger partial charge on any atom is -0.481 e. The number of nitrogens with two attached hydrogens (primary N) is 1. The van der Waals surface area contributed by atoms with Crippen LogP contribution in [-0.2, 0) is 19.2 Å². The lowest BCUT2D eigenvalue weighted by molar-refractivity contribution is -0.138. The van der Waals surface area contributed by atoms with Crippen LogP contribution in [0.2, 0.25) is 0 Å². The van der Waals surface area contributed by atoms with Crippen LogP contribution in [0.5, 0.6) is 0 Å². The highest BCUT2D eigenvalue weighted by molar-refractivity contribution is 5.77. The van der Waals surface area contributed by atoms with Crippen LogP contribution in [0.15, 0.2) is 0 Å². The first-order valence-corrected chi connectivity index (χ1v) is 3.93. The largest absolute Gasteiger partial charge is 0.481 e. The molecule has 0 aliphatic heterocycles. The van der Waals surface area contributed by atoms with Gasteiger partial charge in [0.05, 0.1) is 0 Å². The van der Waals surface area contributed by atoms with E-state index in [0.29, 0.717) is 0 Å². The Bertz CT molecular complexity index is 206. The van der Waals surface area contributed by atoms with Crippen LogP contribution in [0.25, 0.3) is 0 Å². The average molecular weight is 204 g/mol. The maximum absolute atomic E-state index is 10.8. The zero-order valence-corrected chi connectivity index (χ0v) is 7.49. The van der Waals surface area contributed by atoms with E-state index in [0.717, 1.165) is 0 Å². The molecule has 0 aromatic rings. The molecule has 14 heavy (non-hydrogen) atoms. The van der Waals surface area contributed by atoms with Crippen LogP contribution in [0.4, 0.5) is 0 Å². The van der Waals surface area contributed by atoms with Gasteiger partial charge in [-0.25, -0.2) is 5.48 Å². The summed E-state index contributed by atoms with van der Waals surface area (Å²) in [6.07, 6.45) is 0.176. The van der Waals surface area contributed by atoms with Gasteiger partial charge in [-0.3, -0.25) is 19.2 Å². The van der Waals surface area contributed by atoms with Crippen LogP contribution >= 0.6 is 0 Å². The summed E-state index contributed by atoms with van der Waals surface area (Å²) < 4.78 is 0. The highest BCUT2D eigenvalue weighted by atomic mass is 16.7. The van der Waals surface area contributed by atoms with Crippen molar-refractivity contribution in [3.63, 3.8) is 0 Å². The molecule has 7 heteroatoms. The standard InChI is InChI=1S/C7H12N2O5/c8-5(10)4-14-9-6(11)2-1-3-7(12)13/h1-4H2,(H2,8,10)(H,9,11)(H,12,13). The fraction of sp³-hybridized carbons (Fsp3) is 0.571. The van der Waals surface area contributed by atoms with Crippen LogP contribution in [-0.4, -0.2) is 29.5 Å². The molecule has 4 N–H and O–H groups in total. The van der Waals surface area contributed by atoms with Crippen molar-refractivity contribution in [3.8, 4) is 0 Å². The first-order valence-electron chi connectivity index (χ1n) is 3.93. The van der Waals surface area contributed by atoms with E-state index in [-0.39, 0.29) is 19.3 Å². The third-order valence-electron chi connectivity index (χ3n) is 1.19. The van der Waals surface area contributed by atoms with Gasteiger partial charge < -0.3 is 10.8 Å². The minimum atomic E-state index is -0.962. The summed E-state index contributed by atoms with van der Waals surface area (Å²) in [4.78, 5) is 35.4. The molecule has 0 aromatic heterocycles. The van der Waals surface area contributed by atoms with E-state index in [1.165, 1.54) is 0 Å². The monoisotopic (exact) mass is 204 g/mol. The maximum atomic E-state index is 10.8. The van der Waals surface area contributed by atoms with Crippen molar-refractivity contribution in [1.29, 1.82) is 0 Å². The van der Waals surface area contributed by atoms with Gasteiger partial charge in [0.2, 0.25) is 11.8 Å². The fourth-order valence-electron chi connectivity index (χ4n) is 0.639. The molecule has 2 amide bonds. The maximum Gasteiger partial charge on any atom is 0.303 e. The lowest BCUT2D eigenvalue weighted by Gasteiger charge is -2.02. The van der Waals surface area contributed by atoms with Crippen molar-refractivity contribution in [2.45, 2.75) is 19.3 Å². The zero-order valence-electron chi connectivity index (χ0n) is 7.49. The third-order valence-corrected chi connectivity index (χ3v) is 1.19. The summed E-state index contributed by atoms with van der Waals surface area (Å²) in [5.74, 6) is -2.14. The summed E-state index contributed by atoms with van der Waals surface area (Å²) in [5.41, 5.74) is 6.68. The lowest BCUT2D eigenvalue weighted by Crippen LogP contribution is -2.29. The number of hydroxylamine groups is 1. The number of nitrogens with one attached hydrogen (secondary N) is 1. The van der Waals surface area contributed by atoms with Gasteiger partial charge in [0.1, 0.15) is 0 Å². The SMILES string of the molecule is NC(=O)CONC(=O)CCCC(=O)O. The smallest absolute Gasteiger partial charge is 0.303 e. The van der Waals surface area contributed by atoms with Crippen molar-refractivity contribution in [1.82, 2.24) is 5.48 Å². The summed E-state index contributed by atoms with van der Waals surface area (Å²) in [5, 5.41) is 8.25. The molecular weight excluding hydrogens is 192 g/mol. The number of hydrogen-bond donors (Lipinski definition) is 3. The normalized spacial score (nSPS) is 9.43. The van der Waals surface area contributed by atoms with E-state index in [9.17, 15) is 14.4 Å². The molecule has 7 nitrogen and oxygen atoms in total. The molecule has 0 fully saturated rings. The van der Waals surface area contributed by atoms with Crippen LogP contribution in [0.1, 0.15) is 19.3 Å². The van der Waals surface area contributed by atoms with E-state index in [1.54, 1.807) is 0 Å².